The molecule has 2 aromatic rings. The van der Waals surface area contributed by atoms with Gasteiger partial charge in [-0.2, -0.15) is 5.10 Å². The first-order valence-corrected chi connectivity index (χ1v) is 9.50. The van der Waals surface area contributed by atoms with E-state index < -0.39 is 6.09 Å². The fourth-order valence-electron chi connectivity index (χ4n) is 3.72. The van der Waals surface area contributed by atoms with E-state index in [1.807, 2.05) is 42.2 Å². The van der Waals surface area contributed by atoms with Crippen LogP contribution in [0.25, 0.3) is 11.1 Å². The second kappa shape index (κ2) is 7.27. The molecule has 0 bridgehead atoms. The number of carbonyl (C=O) groups is 2. The van der Waals surface area contributed by atoms with Gasteiger partial charge in [-0.3, -0.25) is 14.4 Å². The highest BCUT2D eigenvalue weighted by atomic mass is 16.6. The monoisotopic (exact) mass is 384 g/mol. The molecule has 0 unspecified atom stereocenters. The molecule has 0 N–H and O–H groups in total. The quantitative estimate of drug-likeness (QED) is 0.813. The number of aromatic nitrogens is 2. The summed E-state index contributed by atoms with van der Waals surface area (Å²) in [5.41, 5.74) is 3.26. The maximum Gasteiger partial charge on any atom is 0.414 e. The van der Waals surface area contributed by atoms with Gasteiger partial charge in [-0.1, -0.05) is 6.07 Å². The van der Waals surface area contributed by atoms with Crippen LogP contribution >= 0.6 is 0 Å². The van der Waals surface area contributed by atoms with Crippen LogP contribution in [0.2, 0.25) is 0 Å². The van der Waals surface area contributed by atoms with Crippen LogP contribution in [0.5, 0.6) is 0 Å². The van der Waals surface area contributed by atoms with Gasteiger partial charge in [0, 0.05) is 25.2 Å². The van der Waals surface area contributed by atoms with Gasteiger partial charge in [-0.25, -0.2) is 4.79 Å². The molecule has 0 saturated carbocycles. The SMILES string of the molecule is CCOC(=O)N1C[C@H](C)N(C(C)=O)c2ccc(-c3cnn(C4COC4)c3)cc21. The number of anilines is 2. The first kappa shape index (κ1) is 18.5. The van der Waals surface area contributed by atoms with E-state index in [1.165, 1.54) is 0 Å². The molecule has 1 atom stereocenters. The Morgan fingerprint density at radius 2 is 2.04 bits per heavy atom. The summed E-state index contributed by atoms with van der Waals surface area (Å²) in [5.74, 6) is -0.0530. The van der Waals surface area contributed by atoms with Crippen molar-refractivity contribution in [2.24, 2.45) is 0 Å². The molecule has 148 valence electrons. The Hall–Kier alpha value is -2.87. The van der Waals surface area contributed by atoms with Gasteiger partial charge in [-0.15, -0.1) is 0 Å². The molecule has 0 spiro atoms. The molecule has 0 radical (unpaired) electrons. The molecule has 3 heterocycles. The lowest BCUT2D eigenvalue weighted by molar-refractivity contribution is -0.117. The zero-order chi connectivity index (χ0) is 19.8. The van der Waals surface area contributed by atoms with E-state index in [4.69, 9.17) is 9.47 Å². The third-order valence-corrected chi connectivity index (χ3v) is 5.17. The van der Waals surface area contributed by atoms with Gasteiger partial charge < -0.3 is 14.4 Å². The standard InChI is InChI=1S/C20H24N4O4/c1-4-28-20(26)22-9-13(2)24(14(3)25)18-6-5-15(7-19(18)22)16-8-21-23(10-16)17-11-27-12-17/h5-8,10,13,17H,4,9,11-12H2,1-3H3/t13-/m0/s1. The Kier molecular flexibility index (Phi) is 4.80. The first-order valence-electron chi connectivity index (χ1n) is 9.50. The van der Waals surface area contributed by atoms with Crippen LogP contribution in [0, 0.1) is 0 Å². The van der Waals surface area contributed by atoms with Crippen LogP contribution in [0.15, 0.2) is 30.6 Å². The molecule has 0 aliphatic carbocycles. The van der Waals surface area contributed by atoms with Crippen LogP contribution in [0.3, 0.4) is 0 Å². The minimum absolute atomic E-state index is 0.0530. The van der Waals surface area contributed by atoms with Crippen molar-refractivity contribution >= 4 is 23.4 Å². The minimum Gasteiger partial charge on any atom is -0.449 e. The predicted octanol–water partition coefficient (Wildman–Crippen LogP) is 2.84. The Morgan fingerprint density at radius 1 is 1.25 bits per heavy atom. The van der Waals surface area contributed by atoms with E-state index in [2.05, 4.69) is 5.10 Å². The number of carbonyl (C=O) groups excluding carboxylic acids is 2. The second-order valence-electron chi connectivity index (χ2n) is 7.15. The summed E-state index contributed by atoms with van der Waals surface area (Å²) in [6.45, 7) is 7.27. The van der Waals surface area contributed by atoms with Gasteiger partial charge >= 0.3 is 6.09 Å². The molecule has 2 amide bonds. The molecule has 2 aliphatic heterocycles. The first-order chi connectivity index (χ1) is 13.5. The predicted molar refractivity (Wildman–Crippen MR) is 105 cm³/mol. The molecule has 2 aliphatic rings. The van der Waals surface area contributed by atoms with E-state index in [0.717, 1.165) is 11.1 Å². The number of ether oxygens (including phenoxy) is 2. The Labute approximate surface area is 163 Å². The lowest BCUT2D eigenvalue weighted by Gasteiger charge is -2.40. The van der Waals surface area contributed by atoms with Crippen molar-refractivity contribution in [3.05, 3.63) is 30.6 Å². The molecule has 4 rings (SSSR count). The van der Waals surface area contributed by atoms with E-state index in [1.54, 1.807) is 23.6 Å². The minimum atomic E-state index is -0.404. The molecule has 1 aromatic carbocycles. The summed E-state index contributed by atoms with van der Waals surface area (Å²) in [4.78, 5) is 28.1. The van der Waals surface area contributed by atoms with Crippen molar-refractivity contribution in [1.82, 2.24) is 9.78 Å². The number of benzene rings is 1. The largest absolute Gasteiger partial charge is 0.449 e. The summed E-state index contributed by atoms with van der Waals surface area (Å²) >= 11 is 0. The Bertz CT molecular complexity index is 905. The molecular formula is C20H24N4O4. The Morgan fingerprint density at radius 3 is 2.68 bits per heavy atom. The van der Waals surface area contributed by atoms with E-state index in [0.29, 0.717) is 37.7 Å². The molecule has 8 nitrogen and oxygen atoms in total. The van der Waals surface area contributed by atoms with E-state index in [9.17, 15) is 9.59 Å². The highest BCUT2D eigenvalue weighted by Crippen LogP contribution is 2.39. The average Bonchev–Trinajstić information content (AvgIpc) is 3.08. The third-order valence-electron chi connectivity index (χ3n) is 5.17. The number of rotatable bonds is 3. The third kappa shape index (κ3) is 3.13. The maximum atomic E-state index is 12.5. The molecule has 28 heavy (non-hydrogen) atoms. The number of amides is 2. The van der Waals surface area contributed by atoms with Crippen LogP contribution in [0.1, 0.15) is 26.8 Å². The Balaban J connectivity index is 1.74. The molecule has 8 heteroatoms. The van der Waals surface area contributed by atoms with Crippen LogP contribution < -0.4 is 9.80 Å². The van der Waals surface area contributed by atoms with Crippen molar-refractivity contribution in [1.29, 1.82) is 0 Å². The lowest BCUT2D eigenvalue weighted by atomic mass is 10.0. The van der Waals surface area contributed by atoms with Crippen molar-refractivity contribution in [2.75, 3.05) is 36.2 Å². The number of nitrogens with zero attached hydrogens (tertiary/aromatic N) is 4. The highest BCUT2D eigenvalue weighted by molar-refractivity contribution is 6.03. The zero-order valence-corrected chi connectivity index (χ0v) is 16.3. The number of hydrogen-bond acceptors (Lipinski definition) is 5. The van der Waals surface area contributed by atoms with Crippen molar-refractivity contribution < 1.29 is 19.1 Å². The second-order valence-corrected chi connectivity index (χ2v) is 7.15. The summed E-state index contributed by atoms with van der Waals surface area (Å²) in [6, 6.07) is 5.90. The fraction of sp³-hybridized carbons (Fsp3) is 0.450. The molecule has 1 saturated heterocycles. The number of hydrogen-bond donors (Lipinski definition) is 0. The normalized spacial score (nSPS) is 19.2. The van der Waals surface area contributed by atoms with Gasteiger partial charge in [0.1, 0.15) is 0 Å². The summed E-state index contributed by atoms with van der Waals surface area (Å²) in [7, 11) is 0. The van der Waals surface area contributed by atoms with Gasteiger partial charge in [0.15, 0.2) is 0 Å². The highest BCUT2D eigenvalue weighted by Gasteiger charge is 2.34. The summed E-state index contributed by atoms with van der Waals surface area (Å²) in [5, 5.41) is 4.43. The smallest absolute Gasteiger partial charge is 0.414 e. The van der Waals surface area contributed by atoms with Gasteiger partial charge in [0.25, 0.3) is 0 Å². The fourth-order valence-corrected chi connectivity index (χ4v) is 3.72. The van der Waals surface area contributed by atoms with Gasteiger partial charge in [0.05, 0.1) is 49.5 Å². The molecule has 1 fully saturated rings. The van der Waals surface area contributed by atoms with Crippen LogP contribution in [-0.2, 0) is 14.3 Å². The molecule has 1 aromatic heterocycles. The maximum absolute atomic E-state index is 12.5. The average molecular weight is 384 g/mol. The van der Waals surface area contributed by atoms with Gasteiger partial charge in [-0.05, 0) is 31.5 Å². The van der Waals surface area contributed by atoms with Crippen molar-refractivity contribution in [3.63, 3.8) is 0 Å². The van der Waals surface area contributed by atoms with Gasteiger partial charge in [0.2, 0.25) is 5.91 Å². The summed E-state index contributed by atoms with van der Waals surface area (Å²) < 4.78 is 12.4. The zero-order valence-electron chi connectivity index (χ0n) is 16.3. The van der Waals surface area contributed by atoms with E-state index >= 15 is 0 Å². The molecular weight excluding hydrogens is 360 g/mol. The lowest BCUT2D eigenvalue weighted by Crippen LogP contribution is -2.51. The van der Waals surface area contributed by atoms with Crippen LogP contribution in [-0.4, -0.2) is 54.2 Å². The van der Waals surface area contributed by atoms with Crippen molar-refractivity contribution in [2.45, 2.75) is 32.9 Å². The van der Waals surface area contributed by atoms with E-state index in [-0.39, 0.29) is 18.0 Å². The topological polar surface area (TPSA) is 76.9 Å². The summed E-state index contributed by atoms with van der Waals surface area (Å²) in [6.07, 6.45) is 3.39. The van der Waals surface area contributed by atoms with Crippen LogP contribution in [0.4, 0.5) is 16.2 Å². The van der Waals surface area contributed by atoms with Crippen molar-refractivity contribution in [3.8, 4) is 11.1 Å². The number of fused-ring (bicyclic) bond motifs is 1.